The molecular formula is C28H31N3O3. The molecule has 2 N–H and O–H groups in total. The molecule has 1 aliphatic heterocycles. The first-order valence-corrected chi connectivity index (χ1v) is 11.7. The minimum atomic E-state index is -0.731. The van der Waals surface area contributed by atoms with Crippen molar-refractivity contribution in [3.8, 4) is 0 Å². The first kappa shape index (κ1) is 23.5. The number of ether oxygens (including phenoxy) is 1. The highest BCUT2D eigenvalue weighted by Gasteiger charge is 2.26. The fourth-order valence-electron chi connectivity index (χ4n) is 4.34. The molecule has 0 aromatic heterocycles. The predicted octanol–water partition coefficient (Wildman–Crippen LogP) is 4.28. The van der Waals surface area contributed by atoms with Crippen molar-refractivity contribution in [1.29, 1.82) is 0 Å². The summed E-state index contributed by atoms with van der Waals surface area (Å²) in [4.78, 5) is 28.6. The third-order valence-electron chi connectivity index (χ3n) is 5.86. The van der Waals surface area contributed by atoms with Crippen LogP contribution in [0.4, 0.5) is 11.4 Å². The zero-order valence-corrected chi connectivity index (χ0v) is 19.6. The average Bonchev–Trinajstić information content (AvgIpc) is 2.84. The molecular weight excluding hydrogens is 426 g/mol. The van der Waals surface area contributed by atoms with Crippen LogP contribution in [0.15, 0.2) is 84.9 Å². The summed E-state index contributed by atoms with van der Waals surface area (Å²) >= 11 is 0. The second-order valence-corrected chi connectivity index (χ2v) is 8.75. The molecule has 0 radical (unpaired) electrons. The number of benzene rings is 3. The number of para-hydroxylation sites is 2. The van der Waals surface area contributed by atoms with E-state index in [1.54, 1.807) is 12.1 Å². The van der Waals surface area contributed by atoms with Gasteiger partial charge in [0.05, 0.1) is 23.6 Å². The van der Waals surface area contributed by atoms with Gasteiger partial charge in [0.15, 0.2) is 0 Å². The smallest absolute Gasteiger partial charge is 0.251 e. The van der Waals surface area contributed by atoms with E-state index in [4.69, 9.17) is 4.74 Å². The number of hydrogen-bond acceptors (Lipinski definition) is 4. The standard InChI is InChI=1S/C28H31N3O3/c1-20-18-31(19-21(2)34-20)26-16-10-9-15-24(26)29-28(33)25(17-22-11-5-3-6-12-22)30-27(32)23-13-7-4-8-14-23/h3-16,20-21,25H,17-19H2,1-2H3,(H,29,33)(H,30,32). The van der Waals surface area contributed by atoms with Crippen LogP contribution in [-0.2, 0) is 16.0 Å². The summed E-state index contributed by atoms with van der Waals surface area (Å²) in [6, 6.07) is 25.7. The summed E-state index contributed by atoms with van der Waals surface area (Å²) in [5.74, 6) is -0.532. The number of amides is 2. The van der Waals surface area contributed by atoms with Crippen LogP contribution in [-0.4, -0.2) is 43.2 Å². The van der Waals surface area contributed by atoms with E-state index >= 15 is 0 Å². The molecule has 1 aliphatic rings. The lowest BCUT2D eigenvalue weighted by molar-refractivity contribution is -0.118. The Kier molecular flexibility index (Phi) is 7.60. The number of rotatable bonds is 7. The average molecular weight is 458 g/mol. The summed E-state index contributed by atoms with van der Waals surface area (Å²) < 4.78 is 5.87. The van der Waals surface area contributed by atoms with Gasteiger partial charge in [-0.2, -0.15) is 0 Å². The van der Waals surface area contributed by atoms with Crippen molar-refractivity contribution < 1.29 is 14.3 Å². The number of nitrogens with zero attached hydrogens (tertiary/aromatic N) is 1. The molecule has 34 heavy (non-hydrogen) atoms. The first-order chi connectivity index (χ1) is 16.5. The maximum atomic E-state index is 13.5. The second kappa shape index (κ2) is 11.0. The molecule has 0 spiro atoms. The molecule has 176 valence electrons. The highest BCUT2D eigenvalue weighted by atomic mass is 16.5. The number of carbonyl (C=O) groups excluding carboxylic acids is 2. The van der Waals surface area contributed by atoms with Crippen molar-refractivity contribution in [2.24, 2.45) is 0 Å². The van der Waals surface area contributed by atoms with Crippen molar-refractivity contribution in [3.05, 3.63) is 96.1 Å². The van der Waals surface area contributed by atoms with Gasteiger partial charge in [0.1, 0.15) is 6.04 Å². The molecule has 0 saturated carbocycles. The quantitative estimate of drug-likeness (QED) is 0.556. The monoisotopic (exact) mass is 457 g/mol. The molecule has 3 aromatic carbocycles. The van der Waals surface area contributed by atoms with E-state index in [2.05, 4.69) is 29.4 Å². The highest BCUT2D eigenvalue weighted by Crippen LogP contribution is 2.28. The Bertz CT molecular complexity index is 1090. The van der Waals surface area contributed by atoms with E-state index in [9.17, 15) is 9.59 Å². The van der Waals surface area contributed by atoms with E-state index in [-0.39, 0.29) is 24.0 Å². The summed E-state index contributed by atoms with van der Waals surface area (Å²) in [7, 11) is 0. The van der Waals surface area contributed by atoms with Gasteiger partial charge in [-0.05, 0) is 43.7 Å². The van der Waals surface area contributed by atoms with Gasteiger partial charge in [-0.3, -0.25) is 9.59 Å². The van der Waals surface area contributed by atoms with Crippen LogP contribution in [0, 0.1) is 0 Å². The predicted molar refractivity (Wildman–Crippen MR) is 135 cm³/mol. The maximum Gasteiger partial charge on any atom is 0.251 e. The number of nitrogens with one attached hydrogen (secondary N) is 2. The normalized spacial score (nSPS) is 18.7. The SMILES string of the molecule is CC1CN(c2ccccc2NC(=O)C(Cc2ccccc2)NC(=O)c2ccccc2)CC(C)O1. The Morgan fingerprint density at radius 3 is 2.15 bits per heavy atom. The van der Waals surface area contributed by atoms with Crippen LogP contribution in [0.3, 0.4) is 0 Å². The lowest BCUT2D eigenvalue weighted by atomic mass is 10.0. The van der Waals surface area contributed by atoms with Crippen LogP contribution in [0.5, 0.6) is 0 Å². The Hall–Kier alpha value is -3.64. The lowest BCUT2D eigenvalue weighted by Gasteiger charge is -2.37. The Labute approximate surface area is 200 Å². The van der Waals surface area contributed by atoms with Gasteiger partial charge >= 0.3 is 0 Å². The number of hydrogen-bond donors (Lipinski definition) is 2. The van der Waals surface area contributed by atoms with E-state index in [1.165, 1.54) is 0 Å². The lowest BCUT2D eigenvalue weighted by Crippen LogP contribution is -2.47. The van der Waals surface area contributed by atoms with E-state index in [0.717, 1.165) is 30.0 Å². The number of morpholine rings is 1. The molecule has 0 aliphatic carbocycles. The van der Waals surface area contributed by atoms with Gasteiger partial charge < -0.3 is 20.3 Å². The van der Waals surface area contributed by atoms with E-state index < -0.39 is 6.04 Å². The van der Waals surface area contributed by atoms with Gasteiger partial charge in [-0.1, -0.05) is 60.7 Å². The van der Waals surface area contributed by atoms with Gasteiger partial charge in [0, 0.05) is 25.1 Å². The molecule has 6 nitrogen and oxygen atoms in total. The van der Waals surface area contributed by atoms with E-state index in [0.29, 0.717) is 12.0 Å². The zero-order valence-electron chi connectivity index (χ0n) is 19.6. The number of anilines is 2. The summed E-state index contributed by atoms with van der Waals surface area (Å²) in [6.07, 6.45) is 0.589. The van der Waals surface area contributed by atoms with Crippen LogP contribution in [0.2, 0.25) is 0 Å². The highest BCUT2D eigenvalue weighted by molar-refractivity contribution is 6.02. The van der Waals surface area contributed by atoms with Crippen molar-refractivity contribution in [1.82, 2.24) is 5.32 Å². The summed E-state index contributed by atoms with van der Waals surface area (Å²) in [5.41, 5.74) is 3.16. The second-order valence-electron chi connectivity index (χ2n) is 8.75. The Morgan fingerprint density at radius 2 is 1.47 bits per heavy atom. The van der Waals surface area contributed by atoms with Crippen molar-refractivity contribution in [2.45, 2.75) is 38.5 Å². The van der Waals surface area contributed by atoms with Crippen LogP contribution in [0.1, 0.15) is 29.8 Å². The third-order valence-corrected chi connectivity index (χ3v) is 5.86. The molecule has 6 heteroatoms. The molecule has 3 aromatic rings. The molecule has 2 amide bonds. The molecule has 0 bridgehead atoms. The Balaban J connectivity index is 1.55. The minimum absolute atomic E-state index is 0.100. The minimum Gasteiger partial charge on any atom is -0.372 e. The first-order valence-electron chi connectivity index (χ1n) is 11.7. The molecule has 4 rings (SSSR count). The molecule has 1 saturated heterocycles. The van der Waals surface area contributed by atoms with E-state index in [1.807, 2.05) is 72.8 Å². The fourth-order valence-corrected chi connectivity index (χ4v) is 4.34. The number of carbonyl (C=O) groups is 2. The third kappa shape index (κ3) is 6.02. The Morgan fingerprint density at radius 1 is 0.882 bits per heavy atom. The fraction of sp³-hybridized carbons (Fsp3) is 0.286. The van der Waals surface area contributed by atoms with Crippen molar-refractivity contribution in [3.63, 3.8) is 0 Å². The molecule has 1 heterocycles. The summed E-state index contributed by atoms with van der Waals surface area (Å²) in [6.45, 7) is 5.60. The van der Waals surface area contributed by atoms with Crippen molar-refractivity contribution in [2.75, 3.05) is 23.3 Å². The van der Waals surface area contributed by atoms with Gasteiger partial charge in [0.2, 0.25) is 5.91 Å². The van der Waals surface area contributed by atoms with Crippen LogP contribution in [0.25, 0.3) is 0 Å². The molecule has 3 unspecified atom stereocenters. The molecule has 1 fully saturated rings. The van der Waals surface area contributed by atoms with Crippen LogP contribution >= 0.6 is 0 Å². The maximum absolute atomic E-state index is 13.5. The molecule has 3 atom stereocenters. The van der Waals surface area contributed by atoms with Crippen molar-refractivity contribution >= 4 is 23.2 Å². The topological polar surface area (TPSA) is 70.7 Å². The van der Waals surface area contributed by atoms with Gasteiger partial charge in [-0.15, -0.1) is 0 Å². The largest absolute Gasteiger partial charge is 0.372 e. The zero-order chi connectivity index (χ0) is 23.9. The summed E-state index contributed by atoms with van der Waals surface area (Å²) in [5, 5.41) is 6.01. The van der Waals surface area contributed by atoms with Gasteiger partial charge in [0.25, 0.3) is 5.91 Å². The van der Waals surface area contributed by atoms with Crippen LogP contribution < -0.4 is 15.5 Å². The van der Waals surface area contributed by atoms with Gasteiger partial charge in [-0.25, -0.2) is 0 Å².